The van der Waals surface area contributed by atoms with Gasteiger partial charge in [0, 0.05) is 11.8 Å². The van der Waals surface area contributed by atoms with Gasteiger partial charge in [-0.1, -0.05) is 23.7 Å². The molecule has 0 saturated carbocycles. The Morgan fingerprint density at radius 2 is 1.82 bits per heavy atom. The van der Waals surface area contributed by atoms with E-state index < -0.39 is 30.2 Å². The van der Waals surface area contributed by atoms with E-state index in [1.165, 1.54) is 31.4 Å². The van der Waals surface area contributed by atoms with Crippen molar-refractivity contribution in [3.63, 3.8) is 0 Å². The number of halogens is 4. The number of benzene rings is 2. The molecule has 2 rings (SSSR count). The third kappa shape index (κ3) is 6.31. The third-order valence-corrected chi connectivity index (χ3v) is 3.73. The maximum Gasteiger partial charge on any atom is 0.416 e. The maximum absolute atomic E-state index is 12.5. The Bertz CT molecular complexity index is 880. The van der Waals surface area contributed by atoms with E-state index in [2.05, 4.69) is 5.32 Å². The molecular formula is C19H15ClF3NO4. The summed E-state index contributed by atoms with van der Waals surface area (Å²) in [6, 6.07) is 8.84. The van der Waals surface area contributed by atoms with Crippen LogP contribution in [0.2, 0.25) is 5.02 Å². The molecule has 148 valence electrons. The van der Waals surface area contributed by atoms with Crippen LogP contribution in [0.25, 0.3) is 6.08 Å². The minimum absolute atomic E-state index is 0.303. The van der Waals surface area contributed by atoms with Crippen molar-refractivity contribution >= 4 is 35.2 Å². The van der Waals surface area contributed by atoms with Gasteiger partial charge in [-0.05, 0) is 42.0 Å². The number of hydrogen-bond donors (Lipinski definition) is 1. The monoisotopic (exact) mass is 413 g/mol. The van der Waals surface area contributed by atoms with Crippen molar-refractivity contribution < 1.29 is 32.2 Å². The molecule has 0 heterocycles. The van der Waals surface area contributed by atoms with E-state index in [0.29, 0.717) is 22.0 Å². The highest BCUT2D eigenvalue weighted by molar-refractivity contribution is 6.32. The van der Waals surface area contributed by atoms with Crippen molar-refractivity contribution in [2.75, 3.05) is 19.0 Å². The van der Waals surface area contributed by atoms with Gasteiger partial charge in [-0.25, -0.2) is 4.79 Å². The summed E-state index contributed by atoms with van der Waals surface area (Å²) in [5, 5.41) is 2.80. The number of nitrogens with one attached hydrogen (secondary N) is 1. The highest BCUT2D eigenvalue weighted by Gasteiger charge is 2.29. The average Bonchev–Trinajstić information content (AvgIpc) is 2.64. The molecule has 1 amide bonds. The summed E-state index contributed by atoms with van der Waals surface area (Å²) in [6.45, 7) is -0.542. The fourth-order valence-corrected chi connectivity index (χ4v) is 2.33. The molecule has 9 heteroatoms. The second-order valence-corrected chi connectivity index (χ2v) is 5.87. The molecule has 5 nitrogen and oxygen atoms in total. The molecular weight excluding hydrogens is 399 g/mol. The Kier molecular flexibility index (Phi) is 7.06. The molecule has 2 aromatic carbocycles. The highest BCUT2D eigenvalue weighted by Crippen LogP contribution is 2.29. The zero-order chi connectivity index (χ0) is 20.7. The van der Waals surface area contributed by atoms with Gasteiger partial charge in [-0.2, -0.15) is 13.2 Å². The lowest BCUT2D eigenvalue weighted by Crippen LogP contribution is -2.20. The molecule has 2 aromatic rings. The summed E-state index contributed by atoms with van der Waals surface area (Å²) >= 11 is 5.94. The van der Waals surface area contributed by atoms with E-state index in [0.717, 1.165) is 18.2 Å². The number of esters is 1. The lowest BCUT2D eigenvalue weighted by molar-refractivity contribution is -0.142. The second-order valence-electron chi connectivity index (χ2n) is 5.46. The number of hydrogen-bond acceptors (Lipinski definition) is 4. The number of ether oxygens (including phenoxy) is 2. The van der Waals surface area contributed by atoms with Gasteiger partial charge in [0.15, 0.2) is 6.61 Å². The van der Waals surface area contributed by atoms with E-state index in [1.54, 1.807) is 12.1 Å². The van der Waals surface area contributed by atoms with Crippen molar-refractivity contribution in [2.24, 2.45) is 0 Å². The molecule has 0 aliphatic heterocycles. The van der Waals surface area contributed by atoms with Crippen LogP contribution in [-0.2, 0) is 20.5 Å². The molecule has 0 atom stereocenters. The van der Waals surface area contributed by atoms with Gasteiger partial charge in [-0.15, -0.1) is 0 Å². The Morgan fingerprint density at radius 3 is 2.39 bits per heavy atom. The fraction of sp³-hybridized carbons (Fsp3) is 0.158. The summed E-state index contributed by atoms with van der Waals surface area (Å²) in [7, 11) is 1.46. The Morgan fingerprint density at radius 1 is 1.14 bits per heavy atom. The standard InChI is InChI=1S/C19H15ClF3NO4/c1-27-16-8-7-14(10-15(16)20)24-17(25)11-28-18(26)9-4-12-2-5-13(6-3-12)19(21,22)23/h2-10H,11H2,1H3,(H,24,25)/b9-4+. The Hall–Kier alpha value is -3.00. The zero-order valence-corrected chi connectivity index (χ0v) is 15.3. The molecule has 0 spiro atoms. The van der Waals surface area contributed by atoms with Crippen molar-refractivity contribution in [3.8, 4) is 5.75 Å². The van der Waals surface area contributed by atoms with E-state index in [9.17, 15) is 22.8 Å². The number of carbonyl (C=O) groups excluding carboxylic acids is 2. The smallest absolute Gasteiger partial charge is 0.416 e. The molecule has 0 aliphatic carbocycles. The first kappa shape index (κ1) is 21.3. The minimum Gasteiger partial charge on any atom is -0.495 e. The van der Waals surface area contributed by atoms with Crippen molar-refractivity contribution in [2.45, 2.75) is 6.18 Å². The SMILES string of the molecule is COc1ccc(NC(=O)COC(=O)/C=C/c2ccc(C(F)(F)F)cc2)cc1Cl. The van der Waals surface area contributed by atoms with Crippen LogP contribution < -0.4 is 10.1 Å². The molecule has 28 heavy (non-hydrogen) atoms. The van der Waals surface area contributed by atoms with Crippen LogP contribution in [-0.4, -0.2) is 25.6 Å². The van der Waals surface area contributed by atoms with Crippen LogP contribution in [0.1, 0.15) is 11.1 Å². The summed E-state index contributed by atoms with van der Waals surface area (Å²) in [4.78, 5) is 23.4. The second kappa shape index (κ2) is 9.27. The molecule has 1 N–H and O–H groups in total. The van der Waals surface area contributed by atoms with E-state index in [-0.39, 0.29) is 0 Å². The third-order valence-electron chi connectivity index (χ3n) is 3.43. The van der Waals surface area contributed by atoms with Gasteiger partial charge in [0.2, 0.25) is 0 Å². The molecule has 0 bridgehead atoms. The van der Waals surface area contributed by atoms with Gasteiger partial charge >= 0.3 is 12.1 Å². The first-order valence-electron chi connectivity index (χ1n) is 7.84. The van der Waals surface area contributed by atoms with Gasteiger partial charge in [0.1, 0.15) is 5.75 Å². The molecule has 0 fully saturated rings. The van der Waals surface area contributed by atoms with E-state index in [4.69, 9.17) is 21.1 Å². The predicted molar refractivity (Wildman–Crippen MR) is 98.1 cm³/mol. The topological polar surface area (TPSA) is 64.6 Å². The molecule has 0 unspecified atom stereocenters. The first-order chi connectivity index (χ1) is 13.2. The fourth-order valence-electron chi connectivity index (χ4n) is 2.07. The number of methoxy groups -OCH3 is 1. The summed E-state index contributed by atoms with van der Waals surface area (Å²) in [6.07, 6.45) is -2.13. The van der Waals surface area contributed by atoms with Crippen LogP contribution in [0, 0.1) is 0 Å². The van der Waals surface area contributed by atoms with E-state index in [1.807, 2.05) is 0 Å². The van der Waals surface area contributed by atoms with Gasteiger partial charge < -0.3 is 14.8 Å². The normalized spacial score (nSPS) is 11.3. The molecule has 0 saturated heterocycles. The van der Waals surface area contributed by atoms with Crippen LogP contribution in [0.5, 0.6) is 5.75 Å². The van der Waals surface area contributed by atoms with Crippen molar-refractivity contribution in [1.29, 1.82) is 0 Å². The predicted octanol–water partition coefficient (Wildman–Crippen LogP) is 4.56. The number of amides is 1. The van der Waals surface area contributed by atoms with Gasteiger partial charge in [-0.3, -0.25) is 4.79 Å². The Labute approximate surface area is 163 Å². The molecule has 0 radical (unpaired) electrons. The number of alkyl halides is 3. The lowest BCUT2D eigenvalue weighted by atomic mass is 10.1. The first-order valence-corrected chi connectivity index (χ1v) is 8.22. The highest BCUT2D eigenvalue weighted by atomic mass is 35.5. The van der Waals surface area contributed by atoms with E-state index >= 15 is 0 Å². The Balaban J connectivity index is 1.83. The van der Waals surface area contributed by atoms with Crippen LogP contribution in [0.15, 0.2) is 48.5 Å². The largest absolute Gasteiger partial charge is 0.495 e. The van der Waals surface area contributed by atoms with Crippen LogP contribution in [0.4, 0.5) is 18.9 Å². The zero-order valence-electron chi connectivity index (χ0n) is 14.5. The molecule has 0 aliphatic rings. The molecule has 0 aromatic heterocycles. The summed E-state index contributed by atoms with van der Waals surface area (Å²) in [5.41, 5.74) is -0.0167. The minimum atomic E-state index is -4.43. The van der Waals surface area contributed by atoms with Crippen molar-refractivity contribution in [1.82, 2.24) is 0 Å². The lowest BCUT2D eigenvalue weighted by Gasteiger charge is -2.08. The summed E-state index contributed by atoms with van der Waals surface area (Å²) in [5.74, 6) is -0.958. The quantitative estimate of drug-likeness (QED) is 0.557. The van der Waals surface area contributed by atoms with Crippen LogP contribution in [0.3, 0.4) is 0 Å². The van der Waals surface area contributed by atoms with Gasteiger partial charge in [0.05, 0.1) is 17.7 Å². The number of rotatable bonds is 6. The number of carbonyl (C=O) groups is 2. The van der Waals surface area contributed by atoms with Crippen LogP contribution >= 0.6 is 11.6 Å². The maximum atomic E-state index is 12.5. The number of anilines is 1. The average molecular weight is 414 g/mol. The summed E-state index contributed by atoms with van der Waals surface area (Å²) < 4.78 is 47.2. The van der Waals surface area contributed by atoms with Crippen molar-refractivity contribution in [3.05, 3.63) is 64.7 Å². The van der Waals surface area contributed by atoms with Gasteiger partial charge in [0.25, 0.3) is 5.91 Å².